The van der Waals surface area contributed by atoms with Gasteiger partial charge in [-0.3, -0.25) is 0 Å². The number of anilines is 1. The van der Waals surface area contributed by atoms with Gasteiger partial charge in [0.25, 0.3) is 0 Å². The van der Waals surface area contributed by atoms with E-state index in [1.54, 1.807) is 25.1 Å². The van der Waals surface area contributed by atoms with Crippen LogP contribution >= 0.6 is 11.8 Å². The summed E-state index contributed by atoms with van der Waals surface area (Å²) in [5.41, 5.74) is 2.76. The number of nitrogens with two attached hydrogens (primary N) is 1. The molecule has 0 aliphatic rings. The van der Waals surface area contributed by atoms with E-state index in [0.717, 1.165) is 5.56 Å². The molecule has 2 N–H and O–H groups in total. The van der Waals surface area contributed by atoms with Gasteiger partial charge in [-0.1, -0.05) is 0 Å². The van der Waals surface area contributed by atoms with E-state index in [2.05, 4.69) is 0 Å². The third-order valence-corrected chi connectivity index (χ3v) is 2.50. The maximum atomic E-state index is 11.8. The van der Waals surface area contributed by atoms with Gasteiger partial charge in [0, 0.05) is 11.4 Å². The lowest BCUT2D eigenvalue weighted by Crippen LogP contribution is -2.08. The highest BCUT2D eigenvalue weighted by molar-refractivity contribution is 8.00. The normalized spacial score (nSPS) is 11.5. The van der Waals surface area contributed by atoms with Crippen LogP contribution in [0.3, 0.4) is 0 Å². The molecule has 1 aromatic rings. The molecule has 0 heterocycles. The summed E-state index contributed by atoms with van der Waals surface area (Å²) >= 11 is -0.0879. The van der Waals surface area contributed by atoms with E-state index < -0.39 is 5.51 Å². The number of thioether (sulfide) groups is 1. The van der Waals surface area contributed by atoms with Gasteiger partial charge < -0.3 is 10.5 Å². The lowest BCUT2D eigenvalue weighted by molar-refractivity contribution is -0.0329. The molecular weight excluding hydrogens is 239 g/mol. The van der Waals surface area contributed by atoms with Crippen LogP contribution in [0.1, 0.15) is 5.56 Å². The number of nitrogen functional groups attached to an aromatic ring is 1. The highest BCUT2D eigenvalue weighted by Crippen LogP contribution is 2.30. The molecule has 0 aromatic heterocycles. The van der Waals surface area contributed by atoms with Gasteiger partial charge in [-0.15, -0.1) is 0 Å². The summed E-state index contributed by atoms with van der Waals surface area (Å²) in [6.07, 6.45) is 0. The van der Waals surface area contributed by atoms with Crippen molar-refractivity contribution in [2.45, 2.75) is 12.4 Å². The van der Waals surface area contributed by atoms with E-state index in [9.17, 15) is 13.2 Å². The molecule has 1 aromatic carbocycles. The second-order valence-corrected chi connectivity index (χ2v) is 4.33. The third kappa shape index (κ3) is 4.65. The minimum absolute atomic E-state index is 0.0228. The second-order valence-electron chi connectivity index (χ2n) is 3.17. The van der Waals surface area contributed by atoms with Crippen LogP contribution in [0, 0.1) is 6.92 Å². The first kappa shape index (κ1) is 13.0. The molecule has 0 bridgehead atoms. The van der Waals surface area contributed by atoms with Gasteiger partial charge in [0.15, 0.2) is 0 Å². The molecule has 16 heavy (non-hydrogen) atoms. The first-order valence-electron chi connectivity index (χ1n) is 4.58. The number of halogens is 3. The first-order chi connectivity index (χ1) is 7.38. The first-order valence-corrected chi connectivity index (χ1v) is 5.56. The van der Waals surface area contributed by atoms with E-state index in [1.807, 2.05) is 0 Å². The Morgan fingerprint density at radius 1 is 1.38 bits per heavy atom. The summed E-state index contributed by atoms with van der Waals surface area (Å²) in [4.78, 5) is 0. The molecule has 6 heteroatoms. The van der Waals surface area contributed by atoms with Crippen LogP contribution in [0.15, 0.2) is 18.2 Å². The van der Waals surface area contributed by atoms with Gasteiger partial charge in [0.05, 0.1) is 6.61 Å². The van der Waals surface area contributed by atoms with Crippen LogP contribution in [0.4, 0.5) is 18.9 Å². The van der Waals surface area contributed by atoms with Gasteiger partial charge in [0.2, 0.25) is 0 Å². The van der Waals surface area contributed by atoms with Crippen molar-refractivity contribution in [2.75, 3.05) is 18.1 Å². The van der Waals surface area contributed by atoms with E-state index >= 15 is 0 Å². The molecule has 0 aliphatic carbocycles. The molecule has 0 fully saturated rings. The molecule has 0 unspecified atom stereocenters. The minimum Gasteiger partial charge on any atom is -0.492 e. The number of ether oxygens (including phenoxy) is 1. The fourth-order valence-electron chi connectivity index (χ4n) is 1.14. The third-order valence-electron chi connectivity index (χ3n) is 1.81. The quantitative estimate of drug-likeness (QED) is 0.659. The summed E-state index contributed by atoms with van der Waals surface area (Å²) in [5, 5.41) is 0. The van der Waals surface area contributed by atoms with Crippen molar-refractivity contribution in [3.63, 3.8) is 0 Å². The average molecular weight is 251 g/mol. The number of hydrogen-bond acceptors (Lipinski definition) is 3. The van der Waals surface area contributed by atoms with Crippen molar-refractivity contribution in [1.82, 2.24) is 0 Å². The molecule has 0 saturated carbocycles. The average Bonchev–Trinajstić information content (AvgIpc) is 2.13. The highest BCUT2D eigenvalue weighted by atomic mass is 32.2. The fourth-order valence-corrected chi connectivity index (χ4v) is 1.54. The van der Waals surface area contributed by atoms with Crippen molar-refractivity contribution in [3.05, 3.63) is 23.8 Å². The highest BCUT2D eigenvalue weighted by Gasteiger charge is 2.27. The molecule has 0 saturated heterocycles. The van der Waals surface area contributed by atoms with Crippen molar-refractivity contribution in [1.29, 1.82) is 0 Å². The molecule has 90 valence electrons. The SMILES string of the molecule is Cc1cc(N)ccc1OCCSC(F)(F)F. The molecule has 0 aliphatic heterocycles. The Hall–Kier alpha value is -1.04. The van der Waals surface area contributed by atoms with Crippen LogP contribution < -0.4 is 10.5 Å². The fraction of sp³-hybridized carbons (Fsp3) is 0.400. The van der Waals surface area contributed by atoms with Gasteiger partial charge >= 0.3 is 5.51 Å². The second kappa shape index (κ2) is 5.34. The monoisotopic (exact) mass is 251 g/mol. The van der Waals surface area contributed by atoms with Gasteiger partial charge in [0.1, 0.15) is 5.75 Å². The molecule has 0 radical (unpaired) electrons. The van der Waals surface area contributed by atoms with Gasteiger partial charge in [-0.25, -0.2) is 0 Å². The van der Waals surface area contributed by atoms with Crippen LogP contribution in [-0.2, 0) is 0 Å². The Morgan fingerprint density at radius 2 is 2.06 bits per heavy atom. The zero-order valence-corrected chi connectivity index (χ0v) is 9.49. The smallest absolute Gasteiger partial charge is 0.441 e. The number of benzene rings is 1. The molecular formula is C10H12F3NOS. The van der Waals surface area contributed by atoms with E-state index in [-0.39, 0.29) is 24.1 Å². The topological polar surface area (TPSA) is 35.2 Å². The number of alkyl halides is 3. The lowest BCUT2D eigenvalue weighted by Gasteiger charge is -2.10. The van der Waals surface area contributed by atoms with Gasteiger partial charge in [-0.2, -0.15) is 13.2 Å². The summed E-state index contributed by atoms with van der Waals surface area (Å²) in [7, 11) is 0. The van der Waals surface area contributed by atoms with E-state index in [1.165, 1.54) is 0 Å². The summed E-state index contributed by atoms with van der Waals surface area (Å²) in [5.74, 6) is 0.449. The van der Waals surface area contributed by atoms with E-state index in [4.69, 9.17) is 10.5 Å². The zero-order chi connectivity index (χ0) is 12.2. The number of hydrogen-bond donors (Lipinski definition) is 1. The summed E-state index contributed by atoms with van der Waals surface area (Å²) < 4.78 is 40.6. The molecule has 0 atom stereocenters. The van der Waals surface area contributed by atoms with Crippen LogP contribution in [0.5, 0.6) is 5.75 Å². The van der Waals surface area contributed by atoms with Crippen molar-refractivity contribution < 1.29 is 17.9 Å². The standard InChI is InChI=1S/C10H12F3NOS/c1-7-6-8(14)2-3-9(7)15-4-5-16-10(11,12)13/h2-3,6H,4-5,14H2,1H3. The number of rotatable bonds is 4. The Kier molecular flexibility index (Phi) is 4.35. The minimum atomic E-state index is -4.19. The number of aryl methyl sites for hydroxylation is 1. The van der Waals surface area contributed by atoms with E-state index in [0.29, 0.717) is 11.4 Å². The molecule has 0 amide bonds. The Balaban J connectivity index is 2.38. The summed E-state index contributed by atoms with van der Waals surface area (Å²) in [6.45, 7) is 1.82. The van der Waals surface area contributed by atoms with Crippen LogP contribution in [-0.4, -0.2) is 17.9 Å². The van der Waals surface area contributed by atoms with Crippen molar-refractivity contribution in [3.8, 4) is 5.75 Å². The maximum absolute atomic E-state index is 11.8. The Morgan fingerprint density at radius 3 is 2.62 bits per heavy atom. The molecule has 0 spiro atoms. The Bertz CT molecular complexity index is 354. The zero-order valence-electron chi connectivity index (χ0n) is 8.67. The van der Waals surface area contributed by atoms with Crippen molar-refractivity contribution in [2.24, 2.45) is 0 Å². The van der Waals surface area contributed by atoms with Gasteiger partial charge in [-0.05, 0) is 42.4 Å². The summed E-state index contributed by atoms with van der Waals surface area (Å²) in [6, 6.07) is 5.02. The largest absolute Gasteiger partial charge is 0.492 e. The predicted octanol–water partition coefficient (Wildman–Crippen LogP) is 3.21. The van der Waals surface area contributed by atoms with Crippen LogP contribution in [0.25, 0.3) is 0 Å². The van der Waals surface area contributed by atoms with Crippen LogP contribution in [0.2, 0.25) is 0 Å². The maximum Gasteiger partial charge on any atom is 0.441 e. The molecule has 1 rings (SSSR count). The van der Waals surface area contributed by atoms with Crippen molar-refractivity contribution >= 4 is 17.4 Å². The molecule has 2 nitrogen and oxygen atoms in total. The lowest BCUT2D eigenvalue weighted by atomic mass is 10.2. The Labute approximate surface area is 96.0 Å². The predicted molar refractivity (Wildman–Crippen MR) is 59.6 cm³/mol.